The van der Waals surface area contributed by atoms with Crippen LogP contribution >= 0.6 is 0 Å². The van der Waals surface area contributed by atoms with Gasteiger partial charge in [0.2, 0.25) is 0 Å². The van der Waals surface area contributed by atoms with E-state index in [0.717, 1.165) is 47.0 Å². The van der Waals surface area contributed by atoms with Crippen LogP contribution < -0.4 is 0 Å². The van der Waals surface area contributed by atoms with Gasteiger partial charge in [0.1, 0.15) is 18.7 Å². The van der Waals surface area contributed by atoms with Crippen LogP contribution in [0, 0.1) is 46.5 Å². The fourth-order valence-electron chi connectivity index (χ4n) is 7.09. The zero-order valence-corrected chi connectivity index (χ0v) is 21.4. The van der Waals surface area contributed by atoms with E-state index in [4.69, 9.17) is 0 Å². The first kappa shape index (κ1) is 23.3. The van der Waals surface area contributed by atoms with Crippen LogP contribution in [0.4, 0.5) is 0 Å². The van der Waals surface area contributed by atoms with Crippen LogP contribution in [-0.2, 0) is 6.54 Å². The van der Waals surface area contributed by atoms with Gasteiger partial charge in [-0.3, -0.25) is 4.98 Å². The molecule has 0 spiro atoms. The number of pyridine rings is 1. The van der Waals surface area contributed by atoms with Crippen LogP contribution in [0.15, 0.2) is 49.2 Å². The van der Waals surface area contributed by atoms with Crippen molar-refractivity contribution in [3.8, 4) is 0 Å². The van der Waals surface area contributed by atoms with E-state index in [1.54, 1.807) is 0 Å². The molecule has 5 atom stereocenters. The first-order valence-corrected chi connectivity index (χ1v) is 12.8. The Kier molecular flexibility index (Phi) is 5.90. The number of aliphatic hydroxyl groups is 1. The van der Waals surface area contributed by atoms with E-state index in [1.807, 2.05) is 24.4 Å². The summed E-state index contributed by atoms with van der Waals surface area (Å²) in [5.74, 6) is 1.15. The van der Waals surface area contributed by atoms with E-state index in [2.05, 4.69) is 64.4 Å². The largest absolute Gasteiger partial charge is 0.382 e. The topological polar surface area (TPSA) is 33.1 Å². The molecule has 3 heteroatoms. The lowest BCUT2D eigenvalue weighted by Gasteiger charge is -2.58. The van der Waals surface area contributed by atoms with Gasteiger partial charge >= 0.3 is 0 Å². The van der Waals surface area contributed by atoms with Gasteiger partial charge < -0.3 is 9.59 Å². The number of piperidine rings is 3. The van der Waals surface area contributed by atoms with Crippen LogP contribution in [-0.4, -0.2) is 33.7 Å². The van der Waals surface area contributed by atoms with Gasteiger partial charge in [0, 0.05) is 35.9 Å². The Bertz CT molecular complexity index is 1230. The molecule has 0 saturated carbocycles. The van der Waals surface area contributed by atoms with Gasteiger partial charge in [-0.15, -0.1) is 6.58 Å². The molecule has 3 saturated heterocycles. The molecular formula is C31H39N2O+. The standard InChI is InChI=1S/C31H39N2O/c1-7-24-17-33(18-28-22(5)20(3)19(2)21(4)23(28)6)15-13-25(24)16-30(33)31(34)27-12-14-32-29-11-9-8-10-26(27)29/h7-12,14,24-25,30-31,34H,1,13,15-18H2,2-6H3/q+1/t24-,25-,30+,31-,33?/m0/s1. The average molecular weight is 456 g/mol. The fraction of sp³-hybridized carbons (Fsp3) is 0.452. The summed E-state index contributed by atoms with van der Waals surface area (Å²) >= 11 is 0. The van der Waals surface area contributed by atoms with Crippen molar-refractivity contribution in [3.05, 3.63) is 88.1 Å². The van der Waals surface area contributed by atoms with Crippen molar-refractivity contribution in [2.75, 3.05) is 13.1 Å². The van der Waals surface area contributed by atoms with Gasteiger partial charge in [-0.2, -0.15) is 0 Å². The summed E-state index contributed by atoms with van der Waals surface area (Å²) in [6.45, 7) is 18.8. The highest BCUT2D eigenvalue weighted by Crippen LogP contribution is 2.48. The Morgan fingerprint density at radius 2 is 1.71 bits per heavy atom. The Morgan fingerprint density at radius 3 is 2.41 bits per heavy atom. The van der Waals surface area contributed by atoms with Crippen molar-refractivity contribution in [2.24, 2.45) is 11.8 Å². The minimum Gasteiger partial charge on any atom is -0.382 e. The van der Waals surface area contributed by atoms with Gasteiger partial charge in [0.05, 0.1) is 18.6 Å². The molecule has 3 aliphatic heterocycles. The van der Waals surface area contributed by atoms with Crippen molar-refractivity contribution >= 4 is 10.9 Å². The Morgan fingerprint density at radius 1 is 1.03 bits per heavy atom. The van der Waals surface area contributed by atoms with E-state index < -0.39 is 6.10 Å². The summed E-state index contributed by atoms with van der Waals surface area (Å²) in [5.41, 5.74) is 10.6. The molecule has 34 heavy (non-hydrogen) atoms. The number of nitrogens with zero attached hydrogens (tertiary/aromatic N) is 2. The van der Waals surface area contributed by atoms with Crippen molar-refractivity contribution < 1.29 is 9.59 Å². The highest BCUT2D eigenvalue weighted by Gasteiger charge is 2.54. The Balaban J connectivity index is 1.61. The summed E-state index contributed by atoms with van der Waals surface area (Å²) in [6.07, 6.45) is 5.81. The molecule has 3 aliphatic rings. The maximum Gasteiger partial charge on any atom is 0.131 e. The number of quaternary nitrogens is 1. The Labute approximate surface area is 204 Å². The zero-order chi connectivity index (χ0) is 24.2. The van der Waals surface area contributed by atoms with Crippen molar-refractivity contribution in [3.63, 3.8) is 0 Å². The molecule has 1 unspecified atom stereocenters. The average Bonchev–Trinajstić information content (AvgIpc) is 2.88. The molecule has 0 amide bonds. The second kappa shape index (κ2) is 8.62. The molecule has 3 aromatic rings. The van der Waals surface area contributed by atoms with Crippen LogP contribution in [0.5, 0.6) is 0 Å². The van der Waals surface area contributed by atoms with Crippen LogP contribution in [0.2, 0.25) is 0 Å². The minimum atomic E-state index is -0.505. The second-order valence-corrected chi connectivity index (χ2v) is 11.0. The normalized spacial score (nSPS) is 27.2. The lowest BCUT2D eigenvalue weighted by Crippen LogP contribution is -2.67. The number of aliphatic hydroxyl groups excluding tert-OH is 1. The molecule has 3 fully saturated rings. The zero-order valence-electron chi connectivity index (χ0n) is 21.4. The Hall–Kier alpha value is -2.49. The van der Waals surface area contributed by atoms with Gasteiger partial charge in [-0.1, -0.05) is 24.3 Å². The molecule has 1 aromatic heterocycles. The third-order valence-corrected chi connectivity index (χ3v) is 9.67. The number of hydrogen-bond acceptors (Lipinski definition) is 2. The summed E-state index contributed by atoms with van der Waals surface area (Å²) in [7, 11) is 0. The number of hydrogen-bond donors (Lipinski definition) is 1. The van der Waals surface area contributed by atoms with Crippen molar-refractivity contribution in [2.45, 2.75) is 66.2 Å². The monoisotopic (exact) mass is 455 g/mol. The van der Waals surface area contributed by atoms with E-state index in [-0.39, 0.29) is 6.04 Å². The maximum absolute atomic E-state index is 12.0. The van der Waals surface area contributed by atoms with Crippen LogP contribution in [0.25, 0.3) is 10.9 Å². The second-order valence-electron chi connectivity index (χ2n) is 11.0. The van der Waals surface area contributed by atoms with Gasteiger partial charge in [-0.25, -0.2) is 0 Å². The quantitative estimate of drug-likeness (QED) is 0.356. The first-order valence-electron chi connectivity index (χ1n) is 12.8. The molecule has 6 rings (SSSR count). The predicted molar refractivity (Wildman–Crippen MR) is 141 cm³/mol. The summed E-state index contributed by atoms with van der Waals surface area (Å²) < 4.78 is 0.953. The van der Waals surface area contributed by atoms with Gasteiger partial charge in [-0.05, 0) is 86.1 Å². The summed E-state index contributed by atoms with van der Waals surface area (Å²) in [5, 5.41) is 13.1. The molecule has 3 nitrogen and oxygen atoms in total. The van der Waals surface area contributed by atoms with E-state index >= 15 is 0 Å². The number of aromatic nitrogens is 1. The molecule has 1 N–H and O–H groups in total. The maximum atomic E-state index is 12.0. The molecular weight excluding hydrogens is 416 g/mol. The lowest BCUT2D eigenvalue weighted by molar-refractivity contribution is -0.985. The van der Waals surface area contributed by atoms with Crippen LogP contribution in [0.3, 0.4) is 0 Å². The van der Waals surface area contributed by atoms with Crippen molar-refractivity contribution in [1.29, 1.82) is 0 Å². The number of para-hydroxylation sites is 1. The lowest BCUT2D eigenvalue weighted by atomic mass is 9.70. The molecule has 2 aromatic carbocycles. The molecule has 4 heterocycles. The molecule has 2 bridgehead atoms. The number of benzene rings is 2. The fourth-order valence-corrected chi connectivity index (χ4v) is 7.09. The van der Waals surface area contributed by atoms with Crippen LogP contribution in [0.1, 0.15) is 57.9 Å². The van der Waals surface area contributed by atoms with Crippen molar-refractivity contribution in [1.82, 2.24) is 4.98 Å². The summed E-state index contributed by atoms with van der Waals surface area (Å²) in [4.78, 5) is 4.55. The van der Waals surface area contributed by atoms with Gasteiger partial charge in [0.25, 0.3) is 0 Å². The highest BCUT2D eigenvalue weighted by atomic mass is 16.3. The van der Waals surface area contributed by atoms with E-state index in [1.165, 1.54) is 39.8 Å². The predicted octanol–water partition coefficient (Wildman–Crippen LogP) is 6.42. The van der Waals surface area contributed by atoms with Gasteiger partial charge in [0.15, 0.2) is 0 Å². The highest BCUT2D eigenvalue weighted by molar-refractivity contribution is 5.82. The number of fused-ring (bicyclic) bond motifs is 4. The molecule has 178 valence electrons. The SMILES string of the molecule is C=C[C@H]1C[N+]2(Cc3c(C)c(C)c(C)c(C)c3C)CC[C@H]1C[C@@H]2[C@@H](O)c1ccnc2ccccc12. The van der Waals surface area contributed by atoms with E-state index in [9.17, 15) is 5.11 Å². The summed E-state index contributed by atoms with van der Waals surface area (Å²) in [6, 6.07) is 10.4. The van der Waals surface area contributed by atoms with E-state index in [0.29, 0.717) is 11.8 Å². The minimum absolute atomic E-state index is 0.182. The smallest absolute Gasteiger partial charge is 0.131 e. The molecule has 0 radical (unpaired) electrons. The molecule has 0 aliphatic carbocycles. The number of rotatable bonds is 5. The first-order chi connectivity index (χ1) is 16.3. The third-order valence-electron chi connectivity index (χ3n) is 9.67. The third kappa shape index (κ3) is 3.52.